The molecule has 1 aromatic heterocycles. The molecule has 2 heterocycles. The second-order valence-corrected chi connectivity index (χ2v) is 8.08. The summed E-state index contributed by atoms with van der Waals surface area (Å²) in [5.74, 6) is -2.64. The van der Waals surface area contributed by atoms with E-state index in [9.17, 15) is 27.9 Å². The molecule has 0 saturated carbocycles. The standard InChI is InChI=1S/C23H18N4O5.C2HF3O2/c1-32-19-9-5-4-8-18(19)27-20(28)14-6-2-3-7-15(14)23(27,31)13-10-11-16-17(12-13)25-21(24-16)26-22(29)30;3-2(4,5)1(6)7/h2-12,31H,1H3,(H,29,30)(H2,24,25,26);(H,6,7). The largest absolute Gasteiger partial charge is 0.495 e. The summed E-state index contributed by atoms with van der Waals surface area (Å²) in [6.07, 6.45) is -6.33. The normalized spacial score (nSPS) is 16.3. The molecule has 1 aliphatic heterocycles. The molecule has 0 saturated heterocycles. The Hall–Kier alpha value is -5.11. The molecule has 11 nitrogen and oxygen atoms in total. The van der Waals surface area contributed by atoms with Crippen LogP contribution in [-0.4, -0.2) is 56.5 Å². The number of aromatic nitrogens is 2. The van der Waals surface area contributed by atoms with Crippen LogP contribution in [0.5, 0.6) is 5.75 Å². The van der Waals surface area contributed by atoms with Crippen LogP contribution in [-0.2, 0) is 10.5 Å². The molecule has 0 bridgehead atoms. The fourth-order valence-corrected chi connectivity index (χ4v) is 4.13. The molecule has 202 valence electrons. The Morgan fingerprint density at radius 3 is 2.33 bits per heavy atom. The van der Waals surface area contributed by atoms with E-state index in [1.807, 2.05) is 0 Å². The molecule has 0 radical (unpaired) electrons. The summed E-state index contributed by atoms with van der Waals surface area (Å²) in [5.41, 5.74) is 0.761. The number of halogens is 3. The number of alkyl halides is 3. The van der Waals surface area contributed by atoms with Crippen molar-refractivity contribution in [2.75, 3.05) is 17.3 Å². The van der Waals surface area contributed by atoms with E-state index in [2.05, 4.69) is 15.3 Å². The van der Waals surface area contributed by atoms with Gasteiger partial charge in [-0.3, -0.25) is 15.0 Å². The van der Waals surface area contributed by atoms with Gasteiger partial charge in [-0.25, -0.2) is 14.6 Å². The number of nitrogens with zero attached hydrogens (tertiary/aromatic N) is 2. The lowest BCUT2D eigenvalue weighted by Gasteiger charge is -2.35. The van der Waals surface area contributed by atoms with Gasteiger partial charge >= 0.3 is 18.2 Å². The maximum Gasteiger partial charge on any atom is 0.490 e. The molecular formula is C25H19F3N4O7. The van der Waals surface area contributed by atoms with E-state index in [1.165, 1.54) is 12.0 Å². The van der Waals surface area contributed by atoms with Crippen LogP contribution >= 0.6 is 0 Å². The third kappa shape index (κ3) is 4.92. The minimum Gasteiger partial charge on any atom is -0.495 e. The molecule has 0 fully saturated rings. The Morgan fingerprint density at radius 1 is 1.05 bits per heavy atom. The van der Waals surface area contributed by atoms with E-state index in [0.29, 0.717) is 39.2 Å². The zero-order valence-corrected chi connectivity index (χ0v) is 19.9. The zero-order chi connectivity index (χ0) is 28.5. The van der Waals surface area contributed by atoms with Gasteiger partial charge in [0.25, 0.3) is 5.91 Å². The van der Waals surface area contributed by atoms with Crippen LogP contribution in [0.15, 0.2) is 66.7 Å². The van der Waals surface area contributed by atoms with Crippen LogP contribution in [0, 0.1) is 0 Å². The summed E-state index contributed by atoms with van der Waals surface area (Å²) in [4.78, 5) is 41.7. The van der Waals surface area contributed by atoms with Crippen LogP contribution in [0.3, 0.4) is 0 Å². The van der Waals surface area contributed by atoms with Gasteiger partial charge in [-0.05, 0) is 30.3 Å². The van der Waals surface area contributed by atoms with Crippen LogP contribution in [0.25, 0.3) is 11.0 Å². The maximum absolute atomic E-state index is 13.5. The van der Waals surface area contributed by atoms with Crippen molar-refractivity contribution in [2.45, 2.75) is 11.9 Å². The van der Waals surface area contributed by atoms with E-state index in [1.54, 1.807) is 66.7 Å². The van der Waals surface area contributed by atoms with Crippen LogP contribution in [0.1, 0.15) is 21.5 Å². The number of methoxy groups -OCH3 is 1. The van der Waals surface area contributed by atoms with Crippen LogP contribution in [0.4, 0.5) is 29.6 Å². The van der Waals surface area contributed by atoms with Gasteiger partial charge in [-0.15, -0.1) is 0 Å². The number of benzene rings is 3. The third-order valence-electron chi connectivity index (χ3n) is 5.74. The van der Waals surface area contributed by atoms with Crippen molar-refractivity contribution in [1.29, 1.82) is 0 Å². The first-order valence-corrected chi connectivity index (χ1v) is 11.0. The molecule has 39 heavy (non-hydrogen) atoms. The van der Waals surface area contributed by atoms with Gasteiger partial charge in [0, 0.05) is 16.7 Å². The average molecular weight is 544 g/mol. The van der Waals surface area contributed by atoms with E-state index < -0.39 is 24.0 Å². The highest BCUT2D eigenvalue weighted by atomic mass is 19.4. The number of aliphatic hydroxyl groups is 1. The van der Waals surface area contributed by atoms with Gasteiger partial charge in [-0.2, -0.15) is 13.2 Å². The number of aliphatic carboxylic acids is 1. The highest BCUT2D eigenvalue weighted by Crippen LogP contribution is 2.47. The summed E-state index contributed by atoms with van der Waals surface area (Å²) in [7, 11) is 1.50. The number of hydrogen-bond donors (Lipinski definition) is 5. The number of para-hydroxylation sites is 2. The van der Waals surface area contributed by atoms with Crippen LogP contribution in [0.2, 0.25) is 0 Å². The molecular weight excluding hydrogens is 525 g/mol. The summed E-state index contributed by atoms with van der Waals surface area (Å²) >= 11 is 0. The predicted molar refractivity (Wildman–Crippen MR) is 131 cm³/mol. The first kappa shape index (κ1) is 26.9. The maximum atomic E-state index is 13.5. The molecule has 1 atom stereocenters. The van der Waals surface area contributed by atoms with Gasteiger partial charge in [0.2, 0.25) is 5.95 Å². The topological polar surface area (TPSA) is 165 Å². The Kier molecular flexibility index (Phi) is 6.89. The summed E-state index contributed by atoms with van der Waals surface area (Å²) in [6, 6.07) is 18.8. The SMILES string of the molecule is COc1ccccc1N1C(=O)c2ccccc2C1(O)c1ccc2[nH]c(NC(=O)O)nc2c1.O=C(O)C(F)(F)F. The number of carboxylic acids is 1. The fourth-order valence-electron chi connectivity index (χ4n) is 4.13. The number of carbonyl (C=O) groups is 3. The second kappa shape index (κ2) is 9.98. The predicted octanol–water partition coefficient (Wildman–Crippen LogP) is 4.15. The van der Waals surface area contributed by atoms with Crippen LogP contribution < -0.4 is 15.0 Å². The lowest BCUT2D eigenvalue weighted by molar-refractivity contribution is -0.192. The zero-order valence-electron chi connectivity index (χ0n) is 19.9. The van der Waals surface area contributed by atoms with Gasteiger partial charge in [-0.1, -0.05) is 36.4 Å². The Labute approximate surface area is 217 Å². The summed E-state index contributed by atoms with van der Waals surface area (Å²) in [5, 5.41) is 30.4. The van der Waals surface area contributed by atoms with Gasteiger partial charge in [0.05, 0.1) is 23.8 Å². The molecule has 3 aromatic carbocycles. The molecule has 14 heteroatoms. The first-order chi connectivity index (χ1) is 18.4. The number of anilines is 2. The Bertz CT molecular complexity index is 1590. The van der Waals surface area contributed by atoms with E-state index in [4.69, 9.17) is 19.7 Å². The smallest absolute Gasteiger partial charge is 0.490 e. The number of imidazole rings is 1. The number of H-pyrrole nitrogens is 1. The van der Waals surface area contributed by atoms with Crippen molar-refractivity contribution in [3.8, 4) is 5.75 Å². The number of carboxylic acid groups (broad SMARTS) is 2. The van der Waals surface area contributed by atoms with Gasteiger partial charge < -0.3 is 25.0 Å². The van der Waals surface area contributed by atoms with Crippen molar-refractivity contribution >= 4 is 40.6 Å². The lowest BCUT2D eigenvalue weighted by atomic mass is 9.93. The van der Waals surface area contributed by atoms with Crippen molar-refractivity contribution in [3.05, 3.63) is 83.4 Å². The summed E-state index contributed by atoms with van der Waals surface area (Å²) < 4.78 is 37.2. The molecule has 1 aliphatic rings. The van der Waals surface area contributed by atoms with Crippen molar-refractivity contribution in [3.63, 3.8) is 0 Å². The molecule has 4 aromatic rings. The molecule has 2 amide bonds. The number of fused-ring (bicyclic) bond motifs is 2. The lowest BCUT2D eigenvalue weighted by Crippen LogP contribution is -2.45. The second-order valence-electron chi connectivity index (χ2n) is 8.08. The number of aromatic amines is 1. The Balaban J connectivity index is 0.000000448. The fraction of sp³-hybridized carbons (Fsp3) is 0.120. The number of nitrogens with one attached hydrogen (secondary N) is 2. The molecule has 0 spiro atoms. The number of rotatable bonds is 4. The monoisotopic (exact) mass is 544 g/mol. The average Bonchev–Trinajstić information content (AvgIpc) is 3.39. The molecule has 1 unspecified atom stereocenters. The molecule has 5 N–H and O–H groups in total. The van der Waals surface area contributed by atoms with E-state index >= 15 is 0 Å². The quantitative estimate of drug-likeness (QED) is 0.256. The number of amides is 2. The van der Waals surface area contributed by atoms with E-state index in [-0.39, 0.29) is 11.9 Å². The number of ether oxygens (including phenoxy) is 1. The minimum atomic E-state index is -5.08. The molecule has 5 rings (SSSR count). The Morgan fingerprint density at radius 2 is 1.69 bits per heavy atom. The highest BCUT2D eigenvalue weighted by Gasteiger charge is 2.51. The van der Waals surface area contributed by atoms with Crippen molar-refractivity contribution < 1.29 is 47.6 Å². The molecule has 0 aliphatic carbocycles. The van der Waals surface area contributed by atoms with Crippen molar-refractivity contribution in [1.82, 2.24) is 9.97 Å². The first-order valence-electron chi connectivity index (χ1n) is 11.0. The highest BCUT2D eigenvalue weighted by molar-refractivity contribution is 6.13. The third-order valence-corrected chi connectivity index (χ3v) is 5.74. The summed E-state index contributed by atoms with van der Waals surface area (Å²) in [6.45, 7) is 0. The number of carbonyl (C=O) groups excluding carboxylic acids is 1. The van der Waals surface area contributed by atoms with E-state index in [0.717, 1.165) is 0 Å². The number of hydrogen-bond acceptors (Lipinski definition) is 6. The van der Waals surface area contributed by atoms with Gasteiger partial charge in [0.1, 0.15) is 5.75 Å². The van der Waals surface area contributed by atoms with Gasteiger partial charge in [0.15, 0.2) is 5.72 Å². The van der Waals surface area contributed by atoms with Crippen molar-refractivity contribution in [2.24, 2.45) is 0 Å². The minimum absolute atomic E-state index is 0.0566.